The Bertz CT molecular complexity index is 463. The van der Waals surface area contributed by atoms with Crippen LogP contribution in [0.3, 0.4) is 0 Å². The number of nitrogens with one attached hydrogen (secondary N) is 1. The van der Waals surface area contributed by atoms with E-state index < -0.39 is 0 Å². The third-order valence-electron chi connectivity index (χ3n) is 2.10. The summed E-state index contributed by atoms with van der Waals surface area (Å²) in [5.41, 5.74) is 5.04. The van der Waals surface area contributed by atoms with E-state index in [1.807, 2.05) is 19.2 Å². The molecule has 0 aliphatic heterocycles. The van der Waals surface area contributed by atoms with Gasteiger partial charge >= 0.3 is 0 Å². The molecule has 0 saturated carbocycles. The summed E-state index contributed by atoms with van der Waals surface area (Å²) in [6.07, 6.45) is 2.82. The molecule has 0 unspecified atom stereocenters. The minimum Gasteiger partial charge on any atom is -0.494 e. The Balaban J connectivity index is 2.76. The molecule has 1 radical (unpaired) electrons. The molecular weight excluding hydrogens is 180 g/mol. The number of hydrogen-bond donors (Lipinski definition) is 2. The van der Waals surface area contributed by atoms with Gasteiger partial charge in [0.1, 0.15) is 11.3 Å². The average molecular weight is 191 g/mol. The number of anilines is 1. The molecule has 1 heterocycles. The van der Waals surface area contributed by atoms with Gasteiger partial charge in [-0.2, -0.15) is 0 Å². The zero-order chi connectivity index (χ0) is 10.1. The Morgan fingerprint density at radius 3 is 3.00 bits per heavy atom. The Morgan fingerprint density at radius 1 is 1.57 bits per heavy atom. The summed E-state index contributed by atoms with van der Waals surface area (Å²) in [5.74, 6) is 6.05. The molecule has 0 spiro atoms. The van der Waals surface area contributed by atoms with Crippen LogP contribution in [0.5, 0.6) is 5.75 Å². The first kappa shape index (κ1) is 8.83. The van der Waals surface area contributed by atoms with Gasteiger partial charge in [-0.05, 0) is 6.07 Å². The number of hydrazine groups is 1. The molecule has 1 aromatic carbocycles. The maximum absolute atomic E-state index is 5.32. The molecule has 0 aliphatic carbocycles. The van der Waals surface area contributed by atoms with Gasteiger partial charge in [-0.15, -0.1) is 0 Å². The Kier molecular flexibility index (Phi) is 2.01. The lowest BCUT2D eigenvalue weighted by Gasteiger charge is -2.06. The predicted octanol–water partition coefficient (Wildman–Crippen LogP) is 0.668. The van der Waals surface area contributed by atoms with Crippen molar-refractivity contribution in [3.8, 4) is 5.75 Å². The number of hydrogen-bond acceptors (Lipinski definition) is 4. The van der Waals surface area contributed by atoms with Crippen LogP contribution in [0.25, 0.3) is 11.0 Å². The fraction of sp³-hybridized carbons (Fsp3) is 0.222. The Morgan fingerprint density at radius 2 is 2.36 bits per heavy atom. The molecule has 0 fully saturated rings. The Labute approximate surface area is 81.5 Å². The first-order valence-corrected chi connectivity index (χ1v) is 4.15. The number of aryl methyl sites for hydroxylation is 1. The van der Waals surface area contributed by atoms with E-state index in [2.05, 4.69) is 16.7 Å². The van der Waals surface area contributed by atoms with Crippen LogP contribution < -0.4 is 16.0 Å². The highest BCUT2D eigenvalue weighted by atomic mass is 16.5. The topological polar surface area (TPSA) is 65.1 Å². The van der Waals surface area contributed by atoms with Crippen molar-refractivity contribution in [1.82, 2.24) is 9.55 Å². The summed E-state index contributed by atoms with van der Waals surface area (Å²) >= 11 is 0. The molecule has 2 aromatic rings. The molecule has 2 rings (SSSR count). The SMILES string of the molecule is COc1cc(NN)cc2n[c]n(C)c12. The zero-order valence-electron chi connectivity index (χ0n) is 8.03. The predicted molar refractivity (Wildman–Crippen MR) is 53.9 cm³/mol. The number of imidazole rings is 1. The van der Waals surface area contributed by atoms with Crippen LogP contribution in [0.15, 0.2) is 12.1 Å². The molecule has 0 saturated heterocycles. The first-order chi connectivity index (χ1) is 6.76. The summed E-state index contributed by atoms with van der Waals surface area (Å²) < 4.78 is 7.02. The lowest BCUT2D eigenvalue weighted by molar-refractivity contribution is 0.418. The first-order valence-electron chi connectivity index (χ1n) is 4.15. The van der Waals surface area contributed by atoms with Crippen molar-refractivity contribution in [2.24, 2.45) is 12.9 Å². The molecule has 5 heteroatoms. The summed E-state index contributed by atoms with van der Waals surface area (Å²) in [7, 11) is 3.48. The van der Waals surface area contributed by atoms with Crippen molar-refractivity contribution in [3.63, 3.8) is 0 Å². The van der Waals surface area contributed by atoms with Crippen LogP contribution >= 0.6 is 0 Å². The molecule has 3 N–H and O–H groups in total. The van der Waals surface area contributed by atoms with Crippen LogP contribution in [0.2, 0.25) is 0 Å². The highest BCUT2D eigenvalue weighted by Gasteiger charge is 2.08. The second-order valence-corrected chi connectivity index (χ2v) is 2.96. The lowest BCUT2D eigenvalue weighted by Crippen LogP contribution is -2.06. The van der Waals surface area contributed by atoms with Gasteiger partial charge < -0.3 is 14.7 Å². The second kappa shape index (κ2) is 3.19. The lowest BCUT2D eigenvalue weighted by atomic mass is 10.2. The summed E-state index contributed by atoms with van der Waals surface area (Å²) in [5, 5.41) is 0. The van der Waals surface area contributed by atoms with E-state index in [4.69, 9.17) is 10.6 Å². The molecular formula is C9H11N4O. The van der Waals surface area contributed by atoms with E-state index in [1.165, 1.54) is 0 Å². The van der Waals surface area contributed by atoms with Crippen LogP contribution in [0.1, 0.15) is 0 Å². The largest absolute Gasteiger partial charge is 0.494 e. The molecule has 0 aliphatic rings. The van der Waals surface area contributed by atoms with Gasteiger partial charge in [0.15, 0.2) is 6.33 Å². The summed E-state index contributed by atoms with van der Waals surface area (Å²) in [6, 6.07) is 3.66. The maximum atomic E-state index is 5.32. The fourth-order valence-electron chi connectivity index (χ4n) is 1.43. The number of nitrogens with two attached hydrogens (primary N) is 1. The fourth-order valence-corrected chi connectivity index (χ4v) is 1.43. The number of fused-ring (bicyclic) bond motifs is 1. The average Bonchev–Trinajstić information content (AvgIpc) is 2.59. The van der Waals surface area contributed by atoms with E-state index in [0.717, 1.165) is 22.5 Å². The van der Waals surface area contributed by atoms with Crippen molar-refractivity contribution < 1.29 is 4.74 Å². The number of ether oxygens (including phenoxy) is 1. The molecule has 0 amide bonds. The summed E-state index contributed by atoms with van der Waals surface area (Å²) in [6.45, 7) is 0. The van der Waals surface area contributed by atoms with Crippen molar-refractivity contribution >= 4 is 16.7 Å². The highest BCUT2D eigenvalue weighted by Crippen LogP contribution is 2.27. The molecule has 14 heavy (non-hydrogen) atoms. The van der Waals surface area contributed by atoms with E-state index in [1.54, 1.807) is 11.7 Å². The minimum atomic E-state index is 0.728. The van der Waals surface area contributed by atoms with E-state index in [9.17, 15) is 0 Å². The van der Waals surface area contributed by atoms with Crippen molar-refractivity contribution in [1.29, 1.82) is 0 Å². The van der Waals surface area contributed by atoms with Crippen LogP contribution in [0, 0.1) is 6.33 Å². The Hall–Kier alpha value is -1.75. The van der Waals surface area contributed by atoms with Gasteiger partial charge in [-0.1, -0.05) is 0 Å². The van der Waals surface area contributed by atoms with E-state index in [-0.39, 0.29) is 0 Å². The monoisotopic (exact) mass is 191 g/mol. The standard InChI is InChI=1S/C9H11N4O/c1-13-5-11-7-3-6(12-10)4-8(14-2)9(7)13/h3-4,12H,10H2,1-2H3. The van der Waals surface area contributed by atoms with Gasteiger partial charge in [0.25, 0.3) is 0 Å². The van der Waals surface area contributed by atoms with Crippen LogP contribution in [0.4, 0.5) is 5.69 Å². The maximum Gasteiger partial charge on any atom is 0.177 e. The van der Waals surface area contributed by atoms with Crippen LogP contribution in [-0.4, -0.2) is 16.7 Å². The van der Waals surface area contributed by atoms with Gasteiger partial charge in [0.2, 0.25) is 0 Å². The van der Waals surface area contributed by atoms with Gasteiger partial charge in [0.05, 0.1) is 18.3 Å². The highest BCUT2D eigenvalue weighted by molar-refractivity contribution is 5.85. The van der Waals surface area contributed by atoms with Gasteiger partial charge in [0, 0.05) is 13.1 Å². The van der Waals surface area contributed by atoms with Gasteiger partial charge in [-0.3, -0.25) is 5.84 Å². The van der Waals surface area contributed by atoms with Crippen LogP contribution in [-0.2, 0) is 7.05 Å². The van der Waals surface area contributed by atoms with E-state index in [0.29, 0.717) is 0 Å². The number of benzene rings is 1. The normalized spacial score (nSPS) is 10.5. The molecule has 1 aromatic heterocycles. The number of aromatic nitrogens is 2. The molecule has 73 valence electrons. The number of methoxy groups -OCH3 is 1. The smallest absolute Gasteiger partial charge is 0.177 e. The third kappa shape index (κ3) is 1.18. The number of nitrogens with zero attached hydrogens (tertiary/aromatic N) is 2. The van der Waals surface area contributed by atoms with Crippen molar-refractivity contribution in [3.05, 3.63) is 18.5 Å². The second-order valence-electron chi connectivity index (χ2n) is 2.96. The quantitative estimate of drug-likeness (QED) is 0.541. The van der Waals surface area contributed by atoms with Crippen molar-refractivity contribution in [2.75, 3.05) is 12.5 Å². The third-order valence-corrected chi connectivity index (χ3v) is 2.10. The summed E-state index contributed by atoms with van der Waals surface area (Å²) in [4.78, 5) is 4.10. The van der Waals surface area contributed by atoms with Crippen molar-refractivity contribution in [2.45, 2.75) is 0 Å². The number of rotatable bonds is 2. The number of nitrogen functional groups attached to an aromatic ring is 1. The van der Waals surface area contributed by atoms with Gasteiger partial charge in [-0.25, -0.2) is 4.98 Å². The molecule has 5 nitrogen and oxygen atoms in total. The molecule has 0 bridgehead atoms. The molecule has 0 atom stereocenters. The minimum absolute atomic E-state index is 0.728. The van der Waals surface area contributed by atoms with E-state index >= 15 is 0 Å². The zero-order valence-corrected chi connectivity index (χ0v) is 8.03.